The second-order valence-electron chi connectivity index (χ2n) is 3.50. The van der Waals surface area contributed by atoms with E-state index in [1.807, 2.05) is 0 Å². The SMILES string of the molecule is Nc1nc(N)nc(Nc2ccc(S(=O)(=O)O)cc2)n1. The van der Waals surface area contributed by atoms with Crippen LogP contribution in [-0.4, -0.2) is 27.9 Å². The molecule has 0 aliphatic carbocycles. The molecular formula is C9H10N6O3S. The van der Waals surface area contributed by atoms with Gasteiger partial charge in [-0.05, 0) is 24.3 Å². The summed E-state index contributed by atoms with van der Waals surface area (Å²) in [7, 11) is -4.21. The van der Waals surface area contributed by atoms with Gasteiger partial charge in [-0.25, -0.2) is 0 Å². The largest absolute Gasteiger partial charge is 0.368 e. The zero-order valence-electron chi connectivity index (χ0n) is 9.48. The number of nitrogen functional groups attached to an aromatic ring is 2. The first-order valence-corrected chi connectivity index (χ1v) is 6.40. The molecule has 0 fully saturated rings. The molecule has 0 bridgehead atoms. The van der Waals surface area contributed by atoms with Crippen LogP contribution in [0.25, 0.3) is 0 Å². The molecule has 0 unspecified atom stereocenters. The minimum absolute atomic E-state index is 0.0374. The summed E-state index contributed by atoms with van der Waals surface area (Å²) in [5.74, 6) is 0.0544. The van der Waals surface area contributed by atoms with E-state index in [0.29, 0.717) is 5.69 Å². The third-order valence-electron chi connectivity index (χ3n) is 2.08. The van der Waals surface area contributed by atoms with Crippen molar-refractivity contribution in [1.82, 2.24) is 15.0 Å². The number of benzene rings is 1. The Kier molecular flexibility index (Phi) is 3.19. The normalized spacial score (nSPS) is 11.2. The number of hydrogen-bond donors (Lipinski definition) is 4. The molecule has 2 aromatic rings. The molecule has 0 radical (unpaired) electrons. The molecule has 1 aromatic carbocycles. The second kappa shape index (κ2) is 4.66. The molecule has 0 spiro atoms. The Bertz CT molecular complexity index is 680. The summed E-state index contributed by atoms with van der Waals surface area (Å²) in [5.41, 5.74) is 11.3. The van der Waals surface area contributed by atoms with Crippen LogP contribution in [0.4, 0.5) is 23.5 Å². The van der Waals surface area contributed by atoms with E-state index in [0.717, 1.165) is 0 Å². The van der Waals surface area contributed by atoms with Gasteiger partial charge in [-0.15, -0.1) is 0 Å². The first kappa shape index (κ1) is 13.0. The summed E-state index contributed by atoms with van der Waals surface area (Å²) in [5, 5.41) is 2.77. The highest BCUT2D eigenvalue weighted by molar-refractivity contribution is 7.85. The maximum absolute atomic E-state index is 10.9. The van der Waals surface area contributed by atoms with E-state index in [9.17, 15) is 8.42 Å². The lowest BCUT2D eigenvalue weighted by Crippen LogP contribution is -2.06. The lowest BCUT2D eigenvalue weighted by Gasteiger charge is -2.06. The van der Waals surface area contributed by atoms with Gasteiger partial charge in [0.05, 0.1) is 4.90 Å². The van der Waals surface area contributed by atoms with Gasteiger partial charge in [-0.3, -0.25) is 4.55 Å². The van der Waals surface area contributed by atoms with Gasteiger partial charge in [-0.1, -0.05) is 0 Å². The zero-order chi connectivity index (χ0) is 14.0. The van der Waals surface area contributed by atoms with Crippen molar-refractivity contribution < 1.29 is 13.0 Å². The zero-order valence-corrected chi connectivity index (χ0v) is 10.3. The van der Waals surface area contributed by atoms with Gasteiger partial charge < -0.3 is 16.8 Å². The minimum atomic E-state index is -4.21. The number of aromatic nitrogens is 3. The average Bonchev–Trinajstić information content (AvgIpc) is 2.26. The maximum Gasteiger partial charge on any atom is 0.294 e. The number of anilines is 4. The molecule has 2 rings (SSSR count). The van der Waals surface area contributed by atoms with E-state index in [4.69, 9.17) is 16.0 Å². The molecule has 1 heterocycles. The molecule has 100 valence electrons. The van der Waals surface area contributed by atoms with Crippen molar-refractivity contribution in [3.05, 3.63) is 24.3 Å². The third kappa shape index (κ3) is 3.26. The van der Waals surface area contributed by atoms with E-state index < -0.39 is 10.1 Å². The fourth-order valence-electron chi connectivity index (χ4n) is 1.30. The van der Waals surface area contributed by atoms with Crippen molar-refractivity contribution in [3.63, 3.8) is 0 Å². The van der Waals surface area contributed by atoms with E-state index >= 15 is 0 Å². The van der Waals surface area contributed by atoms with E-state index in [1.54, 1.807) is 0 Å². The van der Waals surface area contributed by atoms with Gasteiger partial charge in [0.2, 0.25) is 17.8 Å². The summed E-state index contributed by atoms with van der Waals surface area (Å²) in [6.45, 7) is 0. The van der Waals surface area contributed by atoms with Crippen molar-refractivity contribution in [2.45, 2.75) is 4.90 Å². The number of hydrogen-bond acceptors (Lipinski definition) is 8. The van der Waals surface area contributed by atoms with Crippen molar-refractivity contribution in [2.24, 2.45) is 0 Å². The first-order chi connectivity index (χ1) is 8.84. The molecule has 0 aliphatic rings. The summed E-state index contributed by atoms with van der Waals surface area (Å²) in [6, 6.07) is 5.32. The predicted molar refractivity (Wildman–Crippen MR) is 68.2 cm³/mol. The lowest BCUT2D eigenvalue weighted by molar-refractivity contribution is 0.483. The highest BCUT2D eigenvalue weighted by Gasteiger charge is 2.09. The molecular weight excluding hydrogens is 272 g/mol. The van der Waals surface area contributed by atoms with Crippen molar-refractivity contribution in [1.29, 1.82) is 0 Å². The summed E-state index contributed by atoms with van der Waals surface area (Å²) >= 11 is 0. The molecule has 6 N–H and O–H groups in total. The number of nitrogens with two attached hydrogens (primary N) is 2. The van der Waals surface area contributed by atoms with Gasteiger partial charge in [0, 0.05) is 5.69 Å². The number of nitrogens with zero attached hydrogens (tertiary/aromatic N) is 3. The van der Waals surface area contributed by atoms with Crippen LogP contribution in [0.2, 0.25) is 0 Å². The highest BCUT2D eigenvalue weighted by atomic mass is 32.2. The second-order valence-corrected chi connectivity index (χ2v) is 4.92. The van der Waals surface area contributed by atoms with E-state index in [-0.39, 0.29) is 22.7 Å². The van der Waals surface area contributed by atoms with Gasteiger partial charge >= 0.3 is 0 Å². The van der Waals surface area contributed by atoms with Crippen LogP contribution in [0.5, 0.6) is 0 Å². The van der Waals surface area contributed by atoms with Crippen LogP contribution in [0, 0.1) is 0 Å². The van der Waals surface area contributed by atoms with Crippen LogP contribution in [0.15, 0.2) is 29.2 Å². The van der Waals surface area contributed by atoms with Gasteiger partial charge in [0.25, 0.3) is 10.1 Å². The summed E-state index contributed by atoms with van der Waals surface area (Å²) in [4.78, 5) is 11.0. The lowest BCUT2D eigenvalue weighted by atomic mass is 10.3. The fourth-order valence-corrected chi connectivity index (χ4v) is 1.78. The van der Waals surface area contributed by atoms with Gasteiger partial charge in [-0.2, -0.15) is 23.4 Å². The first-order valence-electron chi connectivity index (χ1n) is 4.96. The molecule has 0 aliphatic heterocycles. The molecule has 10 heteroatoms. The van der Waals surface area contributed by atoms with Crippen LogP contribution >= 0.6 is 0 Å². The van der Waals surface area contributed by atoms with E-state index in [2.05, 4.69) is 20.3 Å². The topological polar surface area (TPSA) is 157 Å². The Hall–Kier alpha value is -2.46. The average molecular weight is 282 g/mol. The fraction of sp³-hybridized carbons (Fsp3) is 0. The summed E-state index contributed by atoms with van der Waals surface area (Å²) in [6.07, 6.45) is 0. The Morgan fingerprint density at radius 1 is 1.00 bits per heavy atom. The molecule has 0 atom stereocenters. The monoisotopic (exact) mass is 282 g/mol. The standard InChI is InChI=1S/C9H10N6O3S/c10-7-13-8(11)15-9(14-7)12-5-1-3-6(4-2-5)19(16,17)18/h1-4H,(H,16,17,18)(H5,10,11,12,13,14,15). The Morgan fingerprint density at radius 3 is 2.00 bits per heavy atom. The smallest absolute Gasteiger partial charge is 0.294 e. The maximum atomic E-state index is 10.9. The van der Waals surface area contributed by atoms with Crippen molar-refractivity contribution >= 4 is 33.7 Å². The third-order valence-corrected chi connectivity index (χ3v) is 2.95. The number of nitrogens with one attached hydrogen (secondary N) is 1. The Labute approximate surface area is 108 Å². The van der Waals surface area contributed by atoms with Crippen molar-refractivity contribution in [2.75, 3.05) is 16.8 Å². The summed E-state index contributed by atoms with van der Waals surface area (Å²) < 4.78 is 30.6. The Morgan fingerprint density at radius 2 is 1.53 bits per heavy atom. The van der Waals surface area contributed by atoms with Gasteiger partial charge in [0.1, 0.15) is 0 Å². The van der Waals surface area contributed by atoms with Crippen LogP contribution < -0.4 is 16.8 Å². The minimum Gasteiger partial charge on any atom is -0.368 e. The highest BCUT2D eigenvalue weighted by Crippen LogP contribution is 2.17. The van der Waals surface area contributed by atoms with Crippen LogP contribution in [0.3, 0.4) is 0 Å². The Balaban J connectivity index is 2.24. The predicted octanol–water partition coefficient (Wildman–Crippen LogP) is 0.0263. The number of rotatable bonds is 3. The molecule has 9 nitrogen and oxygen atoms in total. The quantitative estimate of drug-likeness (QED) is 0.569. The van der Waals surface area contributed by atoms with Crippen LogP contribution in [0.1, 0.15) is 0 Å². The van der Waals surface area contributed by atoms with E-state index in [1.165, 1.54) is 24.3 Å². The van der Waals surface area contributed by atoms with Crippen molar-refractivity contribution in [3.8, 4) is 0 Å². The van der Waals surface area contributed by atoms with Gasteiger partial charge in [0.15, 0.2) is 0 Å². The molecule has 19 heavy (non-hydrogen) atoms. The molecule has 0 amide bonds. The molecule has 0 saturated carbocycles. The molecule has 1 aromatic heterocycles. The molecule has 0 saturated heterocycles. The van der Waals surface area contributed by atoms with Crippen LogP contribution in [-0.2, 0) is 10.1 Å².